The predicted molar refractivity (Wildman–Crippen MR) is 93.4 cm³/mol. The molecule has 0 radical (unpaired) electrons. The summed E-state index contributed by atoms with van der Waals surface area (Å²) in [5, 5.41) is 4.74. The lowest BCUT2D eigenvalue weighted by atomic mass is 10.1. The van der Waals surface area contributed by atoms with Gasteiger partial charge in [-0.2, -0.15) is 5.01 Å². The Morgan fingerprint density at radius 1 is 1.36 bits per heavy atom. The molecule has 22 heavy (non-hydrogen) atoms. The van der Waals surface area contributed by atoms with E-state index in [1.807, 2.05) is 6.34 Å². The van der Waals surface area contributed by atoms with Crippen LogP contribution in [0, 0.1) is 0 Å². The molecule has 0 bridgehead atoms. The molecule has 2 aliphatic heterocycles. The lowest BCUT2D eigenvalue weighted by Gasteiger charge is -2.22. The highest BCUT2D eigenvalue weighted by molar-refractivity contribution is 5.80. The van der Waals surface area contributed by atoms with Crippen molar-refractivity contribution in [2.24, 2.45) is 10.7 Å². The van der Waals surface area contributed by atoms with Crippen molar-refractivity contribution in [2.75, 3.05) is 26.2 Å². The van der Waals surface area contributed by atoms with Crippen LogP contribution in [0.4, 0.5) is 0 Å². The van der Waals surface area contributed by atoms with Crippen molar-refractivity contribution in [2.45, 2.75) is 71.4 Å². The minimum atomic E-state index is 0.223. The molecule has 2 aliphatic rings. The Balaban J connectivity index is 1.96. The molecule has 2 heterocycles. The number of amidine groups is 1. The number of aliphatic imine (C=N–C) groups is 1. The Bertz CT molecular complexity index is 402. The normalized spacial score (nSPS) is 23.0. The van der Waals surface area contributed by atoms with Crippen molar-refractivity contribution in [3.63, 3.8) is 0 Å². The second-order valence-electron chi connectivity index (χ2n) is 6.86. The average Bonchev–Trinajstić information content (AvgIpc) is 3.05. The van der Waals surface area contributed by atoms with Crippen molar-refractivity contribution >= 4 is 12.2 Å². The molecular weight excluding hydrogens is 274 g/mol. The van der Waals surface area contributed by atoms with E-state index in [0.29, 0.717) is 6.04 Å². The summed E-state index contributed by atoms with van der Waals surface area (Å²) in [4.78, 5) is 4.51. The standard InChI is InChI=1S/C17H34N5/c1-4-5-6-7-8-9-17-20(12-15(2)18)10-11-22(17)21-13-16(3)19-14-21/h14-16H,4-13,18H2,1-3H3/q+1. The summed E-state index contributed by atoms with van der Waals surface area (Å²) in [6.07, 6.45) is 9.82. The van der Waals surface area contributed by atoms with Gasteiger partial charge in [0.25, 0.3) is 5.84 Å². The van der Waals surface area contributed by atoms with Crippen LogP contribution in [0.1, 0.15) is 59.3 Å². The largest absolute Gasteiger partial charge is 0.325 e. The molecule has 5 nitrogen and oxygen atoms in total. The maximum Gasteiger partial charge on any atom is 0.270 e. The van der Waals surface area contributed by atoms with Crippen molar-refractivity contribution in [1.82, 2.24) is 10.0 Å². The van der Waals surface area contributed by atoms with Crippen molar-refractivity contribution < 1.29 is 4.58 Å². The van der Waals surface area contributed by atoms with Crippen molar-refractivity contribution in [3.8, 4) is 0 Å². The highest BCUT2D eigenvalue weighted by Crippen LogP contribution is 2.16. The molecule has 0 aliphatic carbocycles. The number of hydrogen-bond donors (Lipinski definition) is 1. The molecule has 0 amide bonds. The lowest BCUT2D eigenvalue weighted by molar-refractivity contribution is -0.521. The lowest BCUT2D eigenvalue weighted by Crippen LogP contribution is -2.44. The minimum absolute atomic E-state index is 0.223. The van der Waals surface area contributed by atoms with Gasteiger partial charge in [-0.25, -0.2) is 5.01 Å². The van der Waals surface area contributed by atoms with E-state index < -0.39 is 0 Å². The van der Waals surface area contributed by atoms with E-state index in [9.17, 15) is 0 Å². The van der Waals surface area contributed by atoms with Crippen LogP contribution in [0.5, 0.6) is 0 Å². The van der Waals surface area contributed by atoms with Crippen LogP contribution in [-0.2, 0) is 0 Å². The molecule has 0 aromatic heterocycles. The van der Waals surface area contributed by atoms with Gasteiger partial charge in [-0.15, -0.1) is 0 Å². The molecular formula is C17H34N5+. The van der Waals surface area contributed by atoms with Crippen LogP contribution >= 0.6 is 0 Å². The van der Waals surface area contributed by atoms with E-state index in [-0.39, 0.29) is 6.04 Å². The van der Waals surface area contributed by atoms with Gasteiger partial charge in [0.05, 0.1) is 19.0 Å². The molecule has 5 heteroatoms. The van der Waals surface area contributed by atoms with E-state index in [1.165, 1.54) is 37.9 Å². The number of rotatable bonds is 9. The first-order chi connectivity index (χ1) is 10.6. The van der Waals surface area contributed by atoms with Gasteiger partial charge in [0.2, 0.25) is 0 Å². The van der Waals surface area contributed by atoms with Crippen LogP contribution in [-0.4, -0.2) is 65.0 Å². The summed E-state index contributed by atoms with van der Waals surface area (Å²) in [5.74, 6) is 1.45. The Hall–Kier alpha value is -1.10. The first kappa shape index (κ1) is 17.3. The number of hydrogen-bond acceptors (Lipinski definition) is 4. The highest BCUT2D eigenvalue weighted by atomic mass is 15.7. The van der Waals surface area contributed by atoms with Crippen molar-refractivity contribution in [3.05, 3.63) is 0 Å². The summed E-state index contributed by atoms with van der Waals surface area (Å²) in [7, 11) is 0. The first-order valence-electron chi connectivity index (χ1n) is 9.05. The van der Waals surface area contributed by atoms with Crippen LogP contribution < -0.4 is 5.73 Å². The van der Waals surface area contributed by atoms with E-state index in [1.54, 1.807) is 0 Å². The monoisotopic (exact) mass is 308 g/mol. The number of unbranched alkanes of at least 4 members (excludes halogenated alkanes) is 4. The van der Waals surface area contributed by atoms with E-state index in [4.69, 9.17) is 5.73 Å². The van der Waals surface area contributed by atoms with E-state index in [2.05, 4.69) is 40.4 Å². The molecule has 2 rings (SSSR count). The average molecular weight is 308 g/mol. The van der Waals surface area contributed by atoms with Gasteiger partial charge in [0.15, 0.2) is 0 Å². The van der Waals surface area contributed by atoms with E-state index >= 15 is 0 Å². The fourth-order valence-electron chi connectivity index (χ4n) is 3.35. The molecule has 2 atom stereocenters. The van der Waals surface area contributed by atoms with Crippen LogP contribution in [0.15, 0.2) is 4.99 Å². The molecule has 0 saturated carbocycles. The molecule has 0 fully saturated rings. The van der Waals surface area contributed by atoms with E-state index in [0.717, 1.165) is 32.6 Å². The van der Waals surface area contributed by atoms with Gasteiger partial charge in [0.1, 0.15) is 26.0 Å². The smallest absolute Gasteiger partial charge is 0.270 e. The van der Waals surface area contributed by atoms with Crippen LogP contribution in [0.3, 0.4) is 0 Å². The second-order valence-corrected chi connectivity index (χ2v) is 6.86. The highest BCUT2D eigenvalue weighted by Gasteiger charge is 2.36. The Labute approximate surface area is 135 Å². The third-order valence-corrected chi connectivity index (χ3v) is 4.47. The predicted octanol–water partition coefficient (Wildman–Crippen LogP) is 2.07. The second kappa shape index (κ2) is 8.51. The molecule has 0 spiro atoms. The molecule has 0 saturated heterocycles. The third-order valence-electron chi connectivity index (χ3n) is 4.47. The quantitative estimate of drug-likeness (QED) is 0.524. The zero-order valence-electron chi connectivity index (χ0n) is 14.7. The van der Waals surface area contributed by atoms with Gasteiger partial charge < -0.3 is 5.73 Å². The third kappa shape index (κ3) is 4.70. The molecule has 126 valence electrons. The van der Waals surface area contributed by atoms with Gasteiger partial charge in [0, 0.05) is 6.04 Å². The summed E-state index contributed by atoms with van der Waals surface area (Å²) in [6, 6.07) is 0.634. The summed E-state index contributed by atoms with van der Waals surface area (Å²) < 4.78 is 2.49. The van der Waals surface area contributed by atoms with Gasteiger partial charge in [-0.05, 0) is 20.3 Å². The van der Waals surface area contributed by atoms with Gasteiger partial charge in [-0.1, -0.05) is 32.6 Å². The van der Waals surface area contributed by atoms with Crippen LogP contribution in [0.2, 0.25) is 0 Å². The van der Waals surface area contributed by atoms with Crippen molar-refractivity contribution in [1.29, 1.82) is 0 Å². The number of hydrazine groups is 1. The molecule has 2 N–H and O–H groups in total. The molecule has 2 unspecified atom stereocenters. The Morgan fingerprint density at radius 3 is 2.77 bits per heavy atom. The topological polar surface area (TPSA) is 47.9 Å². The zero-order chi connectivity index (χ0) is 15.9. The fourth-order valence-corrected chi connectivity index (χ4v) is 3.35. The molecule has 0 aromatic rings. The number of nitrogens with zero attached hydrogens (tertiary/aromatic N) is 4. The fraction of sp³-hybridized carbons (Fsp3) is 0.882. The summed E-state index contributed by atoms with van der Waals surface area (Å²) in [6.45, 7) is 10.7. The van der Waals surface area contributed by atoms with Gasteiger partial charge in [-0.3, -0.25) is 9.57 Å². The number of nitrogens with two attached hydrogens (primary N) is 1. The van der Waals surface area contributed by atoms with Crippen LogP contribution in [0.25, 0.3) is 0 Å². The Morgan fingerprint density at radius 2 is 2.14 bits per heavy atom. The Kier molecular flexibility index (Phi) is 6.68. The maximum atomic E-state index is 6.04. The SMILES string of the molecule is CCCCCCCC1=[N+](CC(C)N)CCN1N1C=NC(C)C1. The zero-order valence-corrected chi connectivity index (χ0v) is 14.7. The summed E-state index contributed by atoms with van der Waals surface area (Å²) in [5.41, 5.74) is 6.04. The molecule has 0 aromatic carbocycles. The van der Waals surface area contributed by atoms with Gasteiger partial charge >= 0.3 is 0 Å². The summed E-state index contributed by atoms with van der Waals surface area (Å²) >= 11 is 0. The maximum absolute atomic E-state index is 6.04. The first-order valence-corrected chi connectivity index (χ1v) is 9.05. The minimum Gasteiger partial charge on any atom is -0.325 e.